The van der Waals surface area contributed by atoms with Crippen molar-refractivity contribution < 1.29 is 0 Å². The quantitative estimate of drug-likeness (QED) is 0.759. The van der Waals surface area contributed by atoms with Gasteiger partial charge in [-0.05, 0) is 51.2 Å². The summed E-state index contributed by atoms with van der Waals surface area (Å²) in [5.74, 6) is 0. The first-order chi connectivity index (χ1) is 8.58. The van der Waals surface area contributed by atoms with Crippen molar-refractivity contribution in [2.45, 2.75) is 40.0 Å². The highest BCUT2D eigenvalue weighted by atomic mass is 35.5. The molecule has 1 aromatic carbocycles. The van der Waals surface area contributed by atoms with Gasteiger partial charge in [-0.25, -0.2) is 4.68 Å². The summed E-state index contributed by atoms with van der Waals surface area (Å²) >= 11 is 6.49. The lowest BCUT2D eigenvalue weighted by Crippen LogP contribution is -2.04. The Morgan fingerprint density at radius 3 is 2.39 bits per heavy atom. The fraction of sp³-hybridized carbons (Fsp3) is 0.400. The molecule has 18 heavy (non-hydrogen) atoms. The summed E-state index contributed by atoms with van der Waals surface area (Å²) in [4.78, 5) is 0. The molecule has 0 atom stereocenters. The monoisotopic (exact) mass is 260 g/mol. The van der Waals surface area contributed by atoms with Crippen molar-refractivity contribution in [1.82, 2.24) is 9.78 Å². The van der Waals surface area contributed by atoms with E-state index in [2.05, 4.69) is 32.9 Å². The van der Waals surface area contributed by atoms with Crippen LogP contribution in [-0.2, 0) is 12.8 Å². The Morgan fingerprint density at radius 1 is 1.11 bits per heavy atom. The summed E-state index contributed by atoms with van der Waals surface area (Å²) in [5.41, 5.74) is 7.31. The normalized spacial score (nSPS) is 14.0. The van der Waals surface area contributed by atoms with Gasteiger partial charge in [0.15, 0.2) is 0 Å². The van der Waals surface area contributed by atoms with Crippen LogP contribution < -0.4 is 0 Å². The van der Waals surface area contributed by atoms with Crippen LogP contribution in [0.5, 0.6) is 0 Å². The first kappa shape index (κ1) is 11.8. The Hall–Kier alpha value is -1.28. The molecule has 3 rings (SSSR count). The molecule has 0 saturated heterocycles. The van der Waals surface area contributed by atoms with E-state index in [1.165, 1.54) is 34.4 Å². The zero-order valence-corrected chi connectivity index (χ0v) is 11.8. The number of nitrogens with zero attached hydrogens (tertiary/aromatic N) is 2. The van der Waals surface area contributed by atoms with E-state index in [0.29, 0.717) is 0 Å². The van der Waals surface area contributed by atoms with Crippen LogP contribution in [-0.4, -0.2) is 9.78 Å². The van der Waals surface area contributed by atoms with Crippen LogP contribution in [0.25, 0.3) is 5.69 Å². The maximum absolute atomic E-state index is 6.49. The maximum Gasteiger partial charge on any atom is 0.136 e. The van der Waals surface area contributed by atoms with Crippen molar-refractivity contribution in [2.75, 3.05) is 0 Å². The van der Waals surface area contributed by atoms with E-state index in [4.69, 9.17) is 16.7 Å². The summed E-state index contributed by atoms with van der Waals surface area (Å²) in [6, 6.07) is 4.37. The predicted molar refractivity (Wildman–Crippen MR) is 74.8 cm³/mol. The van der Waals surface area contributed by atoms with Gasteiger partial charge >= 0.3 is 0 Å². The molecule has 0 unspecified atom stereocenters. The average Bonchev–Trinajstić information content (AvgIpc) is 2.82. The molecule has 0 aliphatic heterocycles. The first-order valence-corrected chi connectivity index (χ1v) is 6.80. The molecule has 94 valence electrons. The van der Waals surface area contributed by atoms with E-state index < -0.39 is 0 Å². The Kier molecular flexibility index (Phi) is 2.70. The molecule has 1 aliphatic rings. The lowest BCUT2D eigenvalue weighted by atomic mass is 10.1. The molecule has 0 fully saturated rings. The standard InChI is InChI=1S/C15H17ClN2/c1-9-7-10(2)14(11(3)8-9)18-15(16)12-5-4-6-13(12)17-18/h7-8H,4-6H2,1-3H3. The minimum Gasteiger partial charge on any atom is -0.221 e. The number of hydrogen-bond donors (Lipinski definition) is 0. The number of aromatic nitrogens is 2. The zero-order chi connectivity index (χ0) is 12.9. The summed E-state index contributed by atoms with van der Waals surface area (Å²) in [7, 11) is 0. The average molecular weight is 261 g/mol. The summed E-state index contributed by atoms with van der Waals surface area (Å²) < 4.78 is 1.93. The highest BCUT2D eigenvalue weighted by Crippen LogP contribution is 2.32. The molecule has 0 N–H and O–H groups in total. The smallest absolute Gasteiger partial charge is 0.136 e. The third-order valence-corrected chi connectivity index (χ3v) is 4.08. The number of aryl methyl sites for hydroxylation is 4. The van der Waals surface area contributed by atoms with Gasteiger partial charge in [0.1, 0.15) is 5.15 Å². The van der Waals surface area contributed by atoms with Gasteiger partial charge in [-0.2, -0.15) is 5.10 Å². The Bertz CT molecular complexity index is 603. The van der Waals surface area contributed by atoms with Crippen molar-refractivity contribution in [3.63, 3.8) is 0 Å². The second kappa shape index (κ2) is 4.13. The van der Waals surface area contributed by atoms with Gasteiger partial charge in [-0.15, -0.1) is 0 Å². The van der Waals surface area contributed by atoms with Crippen LogP contribution in [0, 0.1) is 20.8 Å². The Labute approximate surface area is 113 Å². The van der Waals surface area contributed by atoms with Gasteiger partial charge in [-0.3, -0.25) is 0 Å². The molecular formula is C15H17ClN2. The largest absolute Gasteiger partial charge is 0.221 e. The van der Waals surface area contributed by atoms with E-state index in [0.717, 1.165) is 23.7 Å². The number of fused-ring (bicyclic) bond motifs is 1. The van der Waals surface area contributed by atoms with Crippen molar-refractivity contribution in [3.8, 4) is 5.69 Å². The maximum atomic E-state index is 6.49. The minimum atomic E-state index is 0.803. The molecule has 3 heteroatoms. The number of hydrogen-bond acceptors (Lipinski definition) is 1. The summed E-state index contributed by atoms with van der Waals surface area (Å²) in [6.07, 6.45) is 3.31. The topological polar surface area (TPSA) is 17.8 Å². The van der Waals surface area contributed by atoms with E-state index >= 15 is 0 Å². The van der Waals surface area contributed by atoms with Crippen molar-refractivity contribution >= 4 is 11.6 Å². The molecule has 0 bridgehead atoms. The van der Waals surface area contributed by atoms with Crippen molar-refractivity contribution in [1.29, 1.82) is 0 Å². The SMILES string of the molecule is Cc1cc(C)c(-n2nc3c(c2Cl)CCC3)c(C)c1. The van der Waals surface area contributed by atoms with Crippen LogP contribution in [0.1, 0.15) is 34.4 Å². The lowest BCUT2D eigenvalue weighted by molar-refractivity contribution is 0.794. The van der Waals surface area contributed by atoms with Crippen LogP contribution in [0.3, 0.4) is 0 Å². The number of halogens is 1. The molecule has 1 heterocycles. The molecule has 2 nitrogen and oxygen atoms in total. The van der Waals surface area contributed by atoms with Crippen LogP contribution in [0.2, 0.25) is 5.15 Å². The minimum absolute atomic E-state index is 0.803. The second-order valence-electron chi connectivity index (χ2n) is 5.23. The third kappa shape index (κ3) is 1.67. The Morgan fingerprint density at radius 2 is 1.78 bits per heavy atom. The molecule has 2 aromatic rings. The zero-order valence-electron chi connectivity index (χ0n) is 11.0. The van der Waals surface area contributed by atoms with Gasteiger partial charge in [0.25, 0.3) is 0 Å². The van der Waals surface area contributed by atoms with E-state index in [9.17, 15) is 0 Å². The first-order valence-electron chi connectivity index (χ1n) is 6.42. The number of rotatable bonds is 1. The number of benzene rings is 1. The van der Waals surface area contributed by atoms with Gasteiger partial charge in [-0.1, -0.05) is 29.3 Å². The van der Waals surface area contributed by atoms with Gasteiger partial charge in [0, 0.05) is 5.56 Å². The van der Waals surface area contributed by atoms with E-state index in [-0.39, 0.29) is 0 Å². The van der Waals surface area contributed by atoms with Crippen LogP contribution >= 0.6 is 11.6 Å². The molecular weight excluding hydrogens is 244 g/mol. The van der Waals surface area contributed by atoms with Gasteiger partial charge < -0.3 is 0 Å². The Balaban J connectivity index is 2.22. The van der Waals surface area contributed by atoms with Crippen molar-refractivity contribution in [2.24, 2.45) is 0 Å². The molecule has 1 aliphatic carbocycles. The summed E-state index contributed by atoms with van der Waals surface area (Å²) in [5, 5.41) is 5.50. The highest BCUT2D eigenvalue weighted by Gasteiger charge is 2.22. The third-order valence-electron chi connectivity index (χ3n) is 3.69. The lowest BCUT2D eigenvalue weighted by Gasteiger charge is -2.12. The summed E-state index contributed by atoms with van der Waals surface area (Å²) in [6.45, 7) is 6.37. The predicted octanol–water partition coefficient (Wildman–Crippen LogP) is 3.94. The van der Waals surface area contributed by atoms with E-state index in [1.54, 1.807) is 0 Å². The molecule has 0 amide bonds. The highest BCUT2D eigenvalue weighted by molar-refractivity contribution is 6.30. The fourth-order valence-corrected chi connectivity index (χ4v) is 3.33. The molecule has 0 saturated carbocycles. The van der Waals surface area contributed by atoms with E-state index in [1.807, 2.05) is 4.68 Å². The van der Waals surface area contributed by atoms with Crippen LogP contribution in [0.4, 0.5) is 0 Å². The molecule has 1 aromatic heterocycles. The van der Waals surface area contributed by atoms with Crippen LogP contribution in [0.15, 0.2) is 12.1 Å². The molecule has 0 radical (unpaired) electrons. The van der Waals surface area contributed by atoms with Gasteiger partial charge in [0.05, 0.1) is 11.4 Å². The second-order valence-corrected chi connectivity index (χ2v) is 5.59. The fourth-order valence-electron chi connectivity index (χ4n) is 3.01. The van der Waals surface area contributed by atoms with Crippen molar-refractivity contribution in [3.05, 3.63) is 45.2 Å². The molecule has 0 spiro atoms. The van der Waals surface area contributed by atoms with Gasteiger partial charge in [0.2, 0.25) is 0 Å².